The molecular weight excluding hydrogens is 120 g/mol. The average molecular weight is 141 g/mol. The van der Waals surface area contributed by atoms with Crippen LogP contribution in [0.1, 0.15) is 46.5 Å². The minimum atomic E-state index is 0.638. The first-order chi connectivity index (χ1) is 4.66. The molecule has 0 amide bonds. The van der Waals surface area contributed by atoms with Crippen LogP contribution in [0.2, 0.25) is 0 Å². The summed E-state index contributed by atoms with van der Waals surface area (Å²) in [6.45, 7) is 10.8. The molecule has 0 fully saturated rings. The van der Waals surface area contributed by atoms with Crippen LogP contribution >= 0.6 is 0 Å². The fraction of sp³-hybridized carbons (Fsp3) is 0.900. The molecule has 0 saturated carbocycles. The van der Waals surface area contributed by atoms with E-state index in [1.807, 2.05) is 0 Å². The Labute approximate surface area is 66.0 Å². The molecule has 0 saturated heterocycles. The minimum Gasteiger partial charge on any atom is -0.0654 e. The van der Waals surface area contributed by atoms with Crippen molar-refractivity contribution in [3.8, 4) is 0 Å². The predicted molar refractivity (Wildman–Crippen MR) is 47.8 cm³/mol. The first-order valence-corrected chi connectivity index (χ1v) is 4.49. The molecule has 61 valence electrons. The second-order valence-electron chi connectivity index (χ2n) is 3.58. The molecule has 0 rings (SSSR count). The SMILES string of the molecule is [CH2]C(C)CCC(C)CCC. The molecule has 0 heteroatoms. The summed E-state index contributed by atoms with van der Waals surface area (Å²) in [5.74, 6) is 1.55. The summed E-state index contributed by atoms with van der Waals surface area (Å²) in [4.78, 5) is 0. The van der Waals surface area contributed by atoms with Crippen LogP contribution in [0.5, 0.6) is 0 Å². The van der Waals surface area contributed by atoms with E-state index in [2.05, 4.69) is 27.7 Å². The average Bonchev–Trinajstić information content (AvgIpc) is 1.85. The third-order valence-electron chi connectivity index (χ3n) is 1.93. The van der Waals surface area contributed by atoms with Crippen LogP contribution in [0.25, 0.3) is 0 Å². The lowest BCUT2D eigenvalue weighted by Gasteiger charge is -2.10. The van der Waals surface area contributed by atoms with Crippen LogP contribution in [-0.2, 0) is 0 Å². The zero-order chi connectivity index (χ0) is 7.98. The maximum atomic E-state index is 3.97. The largest absolute Gasteiger partial charge is 0.0654 e. The van der Waals surface area contributed by atoms with E-state index in [1.165, 1.54) is 25.7 Å². The van der Waals surface area contributed by atoms with Crippen molar-refractivity contribution in [2.75, 3.05) is 0 Å². The Hall–Kier alpha value is 0. The first-order valence-electron chi connectivity index (χ1n) is 4.49. The maximum absolute atomic E-state index is 3.97. The van der Waals surface area contributed by atoms with E-state index in [0.29, 0.717) is 5.92 Å². The number of rotatable bonds is 5. The second kappa shape index (κ2) is 5.76. The number of hydrogen-bond donors (Lipinski definition) is 0. The van der Waals surface area contributed by atoms with E-state index in [-0.39, 0.29) is 0 Å². The van der Waals surface area contributed by atoms with Gasteiger partial charge in [-0.05, 0) is 11.8 Å². The summed E-state index contributed by atoms with van der Waals surface area (Å²) in [5.41, 5.74) is 0. The highest BCUT2D eigenvalue weighted by atomic mass is 14.1. The molecule has 0 aromatic heterocycles. The van der Waals surface area contributed by atoms with Crippen molar-refractivity contribution in [2.24, 2.45) is 11.8 Å². The lowest BCUT2D eigenvalue weighted by molar-refractivity contribution is 0.439. The zero-order valence-electron chi connectivity index (χ0n) is 7.69. The van der Waals surface area contributed by atoms with Crippen molar-refractivity contribution in [1.29, 1.82) is 0 Å². The monoisotopic (exact) mass is 141 g/mol. The van der Waals surface area contributed by atoms with E-state index < -0.39 is 0 Å². The highest BCUT2D eigenvalue weighted by Crippen LogP contribution is 2.15. The van der Waals surface area contributed by atoms with Gasteiger partial charge in [0.1, 0.15) is 0 Å². The molecule has 2 atom stereocenters. The Kier molecular flexibility index (Phi) is 5.76. The Morgan fingerprint density at radius 1 is 1.10 bits per heavy atom. The Balaban J connectivity index is 3.12. The topological polar surface area (TPSA) is 0 Å². The standard InChI is InChI=1S/C10H21/c1-5-6-10(4)8-7-9(2)3/h9-10H,2,5-8H2,1,3-4H3. The van der Waals surface area contributed by atoms with Crippen molar-refractivity contribution in [3.05, 3.63) is 6.92 Å². The quantitative estimate of drug-likeness (QED) is 0.548. The van der Waals surface area contributed by atoms with Crippen molar-refractivity contribution in [3.63, 3.8) is 0 Å². The zero-order valence-corrected chi connectivity index (χ0v) is 7.69. The maximum Gasteiger partial charge on any atom is -0.0443 e. The summed E-state index contributed by atoms with van der Waals surface area (Å²) in [6.07, 6.45) is 5.36. The van der Waals surface area contributed by atoms with Crippen LogP contribution in [0, 0.1) is 18.8 Å². The van der Waals surface area contributed by atoms with Crippen LogP contribution in [0.4, 0.5) is 0 Å². The smallest absolute Gasteiger partial charge is 0.0443 e. The molecule has 0 spiro atoms. The van der Waals surface area contributed by atoms with Gasteiger partial charge >= 0.3 is 0 Å². The molecule has 0 aromatic rings. The van der Waals surface area contributed by atoms with Gasteiger partial charge in [-0.2, -0.15) is 0 Å². The summed E-state index contributed by atoms with van der Waals surface area (Å²) in [7, 11) is 0. The third kappa shape index (κ3) is 6.12. The van der Waals surface area contributed by atoms with Crippen LogP contribution in [0.15, 0.2) is 0 Å². The van der Waals surface area contributed by atoms with Gasteiger partial charge in [0.25, 0.3) is 0 Å². The second-order valence-corrected chi connectivity index (χ2v) is 3.58. The van der Waals surface area contributed by atoms with Gasteiger partial charge in [-0.3, -0.25) is 0 Å². The van der Waals surface area contributed by atoms with Crippen LogP contribution in [-0.4, -0.2) is 0 Å². The van der Waals surface area contributed by atoms with Gasteiger partial charge in [-0.25, -0.2) is 0 Å². The predicted octanol–water partition coefficient (Wildman–Crippen LogP) is 3.67. The molecule has 0 heterocycles. The molecule has 0 bridgehead atoms. The van der Waals surface area contributed by atoms with E-state index in [9.17, 15) is 0 Å². The molecular formula is C10H21. The fourth-order valence-corrected chi connectivity index (χ4v) is 1.21. The summed E-state index contributed by atoms with van der Waals surface area (Å²) >= 11 is 0. The highest BCUT2D eigenvalue weighted by molar-refractivity contribution is 4.58. The van der Waals surface area contributed by atoms with E-state index in [1.54, 1.807) is 0 Å². The molecule has 0 aliphatic rings. The van der Waals surface area contributed by atoms with Gasteiger partial charge in [0.05, 0.1) is 0 Å². The van der Waals surface area contributed by atoms with E-state index >= 15 is 0 Å². The first kappa shape index (κ1) is 10.0. The lowest BCUT2D eigenvalue weighted by atomic mass is 9.96. The van der Waals surface area contributed by atoms with E-state index in [4.69, 9.17) is 0 Å². The molecule has 1 radical (unpaired) electrons. The van der Waals surface area contributed by atoms with Crippen molar-refractivity contribution < 1.29 is 0 Å². The van der Waals surface area contributed by atoms with Gasteiger partial charge in [-0.1, -0.05) is 53.4 Å². The van der Waals surface area contributed by atoms with Crippen molar-refractivity contribution >= 4 is 0 Å². The molecule has 0 N–H and O–H groups in total. The van der Waals surface area contributed by atoms with Gasteiger partial charge in [0, 0.05) is 0 Å². The van der Waals surface area contributed by atoms with Crippen LogP contribution < -0.4 is 0 Å². The molecule has 0 nitrogen and oxygen atoms in total. The Morgan fingerprint density at radius 2 is 1.70 bits per heavy atom. The van der Waals surface area contributed by atoms with Gasteiger partial charge in [0.15, 0.2) is 0 Å². The van der Waals surface area contributed by atoms with Gasteiger partial charge in [0.2, 0.25) is 0 Å². The molecule has 2 unspecified atom stereocenters. The summed E-state index contributed by atoms with van der Waals surface area (Å²) in [6, 6.07) is 0. The third-order valence-corrected chi connectivity index (χ3v) is 1.93. The Bertz CT molecular complexity index is 64.4. The molecule has 0 aromatic carbocycles. The van der Waals surface area contributed by atoms with Crippen LogP contribution in [0.3, 0.4) is 0 Å². The Morgan fingerprint density at radius 3 is 2.10 bits per heavy atom. The van der Waals surface area contributed by atoms with Gasteiger partial charge < -0.3 is 0 Å². The molecule has 0 aliphatic carbocycles. The lowest BCUT2D eigenvalue weighted by Crippen LogP contribution is -1.96. The van der Waals surface area contributed by atoms with Crippen molar-refractivity contribution in [1.82, 2.24) is 0 Å². The highest BCUT2D eigenvalue weighted by Gasteiger charge is 2.01. The van der Waals surface area contributed by atoms with Gasteiger partial charge in [-0.15, -0.1) is 0 Å². The van der Waals surface area contributed by atoms with Crippen molar-refractivity contribution in [2.45, 2.75) is 46.5 Å². The molecule has 10 heavy (non-hydrogen) atoms. The normalized spacial score (nSPS) is 14.1. The molecule has 0 aliphatic heterocycles. The summed E-state index contributed by atoms with van der Waals surface area (Å²) in [5, 5.41) is 0. The fourth-order valence-electron chi connectivity index (χ4n) is 1.21. The minimum absolute atomic E-state index is 0.638. The summed E-state index contributed by atoms with van der Waals surface area (Å²) < 4.78 is 0. The van der Waals surface area contributed by atoms with E-state index in [0.717, 1.165) is 5.92 Å². The number of hydrogen-bond acceptors (Lipinski definition) is 0.